The van der Waals surface area contributed by atoms with Crippen LogP contribution in [0, 0.1) is 0 Å². The number of ether oxygens (including phenoxy) is 2. The summed E-state index contributed by atoms with van der Waals surface area (Å²) >= 11 is 12.3. The summed E-state index contributed by atoms with van der Waals surface area (Å²) in [7, 11) is -0.947. The van der Waals surface area contributed by atoms with Gasteiger partial charge in [-0.2, -0.15) is 0 Å². The number of benzene rings is 3. The maximum Gasteiger partial charge on any atom is 0.257 e. The van der Waals surface area contributed by atoms with Crippen molar-refractivity contribution in [3.63, 3.8) is 0 Å². The van der Waals surface area contributed by atoms with E-state index in [-0.39, 0.29) is 45.0 Å². The SMILES string of the molecule is COc1cc(C(=O)Nc2cccc(Cl)c2Cl)c(N(Cc2ccccc2)S(C)(=O)=O)cc1OC. The first-order chi connectivity index (χ1) is 15.7. The summed E-state index contributed by atoms with van der Waals surface area (Å²) in [5.74, 6) is -0.0693. The van der Waals surface area contributed by atoms with Crippen LogP contribution in [0.15, 0.2) is 60.7 Å². The quantitative estimate of drug-likeness (QED) is 0.450. The lowest BCUT2D eigenvalue weighted by atomic mass is 10.1. The van der Waals surface area contributed by atoms with Gasteiger partial charge in [0.25, 0.3) is 5.91 Å². The summed E-state index contributed by atoms with van der Waals surface area (Å²) < 4.78 is 37.4. The van der Waals surface area contributed by atoms with Crippen LogP contribution in [0.3, 0.4) is 0 Å². The Hall–Kier alpha value is -2.94. The molecule has 0 fully saturated rings. The standard InChI is InChI=1S/C23H22Cl2N2O5S/c1-31-20-12-16(23(28)26-18-11-7-10-17(24)22(18)25)19(13-21(20)32-2)27(33(3,29)30)14-15-8-5-4-6-9-15/h4-13H,14H2,1-3H3,(H,26,28). The minimum absolute atomic E-state index is 0.00730. The Morgan fingerprint density at radius 1 is 0.970 bits per heavy atom. The van der Waals surface area contributed by atoms with E-state index in [4.69, 9.17) is 32.7 Å². The molecule has 3 aromatic rings. The number of carbonyl (C=O) groups is 1. The molecule has 1 amide bonds. The van der Waals surface area contributed by atoms with Gasteiger partial charge in [0.1, 0.15) is 0 Å². The number of hydrogen-bond acceptors (Lipinski definition) is 5. The van der Waals surface area contributed by atoms with E-state index in [0.717, 1.165) is 16.1 Å². The van der Waals surface area contributed by atoms with E-state index in [1.165, 1.54) is 26.4 Å². The highest BCUT2D eigenvalue weighted by atomic mass is 35.5. The Kier molecular flexibility index (Phi) is 7.73. The Morgan fingerprint density at radius 2 is 1.61 bits per heavy atom. The molecular weight excluding hydrogens is 487 g/mol. The molecule has 0 aliphatic rings. The van der Waals surface area contributed by atoms with Gasteiger partial charge in [-0.15, -0.1) is 0 Å². The third-order valence-corrected chi connectivity index (χ3v) is 6.73. The summed E-state index contributed by atoms with van der Waals surface area (Å²) in [5.41, 5.74) is 1.19. The summed E-state index contributed by atoms with van der Waals surface area (Å²) in [4.78, 5) is 13.3. The molecule has 0 atom stereocenters. The van der Waals surface area contributed by atoms with Crippen molar-refractivity contribution in [2.24, 2.45) is 0 Å². The van der Waals surface area contributed by atoms with E-state index in [2.05, 4.69) is 5.32 Å². The number of amides is 1. The van der Waals surface area contributed by atoms with Gasteiger partial charge in [0, 0.05) is 6.07 Å². The Balaban J connectivity index is 2.15. The van der Waals surface area contributed by atoms with Crippen LogP contribution in [-0.4, -0.2) is 34.8 Å². The van der Waals surface area contributed by atoms with Crippen molar-refractivity contribution < 1.29 is 22.7 Å². The van der Waals surface area contributed by atoms with Crippen molar-refractivity contribution in [2.45, 2.75) is 6.54 Å². The largest absolute Gasteiger partial charge is 0.493 e. The van der Waals surface area contributed by atoms with Crippen LogP contribution in [0.2, 0.25) is 10.0 Å². The van der Waals surface area contributed by atoms with E-state index in [1.54, 1.807) is 42.5 Å². The fraction of sp³-hybridized carbons (Fsp3) is 0.174. The molecule has 0 aliphatic heterocycles. The summed E-state index contributed by atoms with van der Waals surface area (Å²) in [6.45, 7) is 0.00730. The summed E-state index contributed by atoms with van der Waals surface area (Å²) in [6.07, 6.45) is 1.07. The van der Waals surface area contributed by atoms with E-state index in [9.17, 15) is 13.2 Å². The van der Waals surface area contributed by atoms with Gasteiger partial charge in [0.05, 0.1) is 54.0 Å². The predicted octanol–water partition coefficient (Wildman–Crippen LogP) is 5.23. The Bertz CT molecular complexity index is 1270. The molecule has 0 aliphatic carbocycles. The molecule has 1 N–H and O–H groups in total. The molecule has 3 aromatic carbocycles. The van der Waals surface area contributed by atoms with Crippen LogP contribution in [-0.2, 0) is 16.6 Å². The Morgan fingerprint density at radius 3 is 2.21 bits per heavy atom. The zero-order chi connectivity index (χ0) is 24.2. The molecule has 0 unspecified atom stereocenters. The minimum atomic E-state index is -3.79. The number of rotatable bonds is 8. The molecule has 3 rings (SSSR count). The second-order valence-corrected chi connectivity index (χ2v) is 9.73. The number of nitrogens with one attached hydrogen (secondary N) is 1. The van der Waals surface area contributed by atoms with E-state index in [1.807, 2.05) is 6.07 Å². The fourth-order valence-electron chi connectivity index (χ4n) is 3.18. The molecule has 7 nitrogen and oxygen atoms in total. The lowest BCUT2D eigenvalue weighted by molar-refractivity contribution is 0.102. The minimum Gasteiger partial charge on any atom is -0.493 e. The number of halogens is 2. The number of methoxy groups -OCH3 is 2. The molecule has 0 spiro atoms. The van der Waals surface area contributed by atoms with Crippen molar-refractivity contribution >= 4 is 50.5 Å². The normalized spacial score (nSPS) is 11.1. The van der Waals surface area contributed by atoms with Gasteiger partial charge in [-0.25, -0.2) is 8.42 Å². The van der Waals surface area contributed by atoms with Gasteiger partial charge in [0.2, 0.25) is 10.0 Å². The fourth-order valence-corrected chi connectivity index (χ4v) is 4.42. The van der Waals surface area contributed by atoms with Crippen LogP contribution in [0.5, 0.6) is 11.5 Å². The van der Waals surface area contributed by atoms with Gasteiger partial charge in [0.15, 0.2) is 11.5 Å². The predicted molar refractivity (Wildman–Crippen MR) is 131 cm³/mol. The Labute approximate surface area is 202 Å². The second kappa shape index (κ2) is 10.3. The van der Waals surface area contributed by atoms with Gasteiger partial charge >= 0.3 is 0 Å². The maximum absolute atomic E-state index is 13.3. The number of nitrogens with zero attached hydrogens (tertiary/aromatic N) is 1. The zero-order valence-corrected chi connectivity index (χ0v) is 20.5. The number of anilines is 2. The summed E-state index contributed by atoms with van der Waals surface area (Å²) in [6, 6.07) is 16.7. The average molecular weight is 509 g/mol. The molecular formula is C23H22Cl2N2O5S. The van der Waals surface area contributed by atoms with Crippen LogP contribution in [0.1, 0.15) is 15.9 Å². The van der Waals surface area contributed by atoms with Gasteiger partial charge in [-0.1, -0.05) is 59.6 Å². The smallest absolute Gasteiger partial charge is 0.257 e. The highest BCUT2D eigenvalue weighted by Gasteiger charge is 2.27. The van der Waals surface area contributed by atoms with Crippen molar-refractivity contribution in [1.29, 1.82) is 0 Å². The van der Waals surface area contributed by atoms with Gasteiger partial charge in [-0.3, -0.25) is 9.10 Å². The zero-order valence-electron chi connectivity index (χ0n) is 18.1. The second-order valence-electron chi connectivity index (χ2n) is 7.04. The van der Waals surface area contributed by atoms with Crippen molar-refractivity contribution in [3.05, 3.63) is 81.8 Å². The van der Waals surface area contributed by atoms with E-state index in [0.29, 0.717) is 0 Å². The monoisotopic (exact) mass is 508 g/mol. The van der Waals surface area contributed by atoms with Crippen molar-refractivity contribution in [1.82, 2.24) is 0 Å². The highest BCUT2D eigenvalue weighted by molar-refractivity contribution is 7.92. The number of carbonyl (C=O) groups excluding carboxylic acids is 1. The van der Waals surface area contributed by atoms with Crippen molar-refractivity contribution in [3.8, 4) is 11.5 Å². The summed E-state index contributed by atoms with van der Waals surface area (Å²) in [5, 5.41) is 3.13. The van der Waals surface area contributed by atoms with E-state index < -0.39 is 15.9 Å². The third-order valence-electron chi connectivity index (χ3n) is 4.78. The van der Waals surface area contributed by atoms with Crippen LogP contribution in [0.4, 0.5) is 11.4 Å². The molecule has 10 heteroatoms. The van der Waals surface area contributed by atoms with Crippen LogP contribution in [0.25, 0.3) is 0 Å². The molecule has 0 bridgehead atoms. The number of hydrogen-bond donors (Lipinski definition) is 1. The first kappa shape index (κ1) is 24.7. The molecule has 0 heterocycles. The molecule has 0 saturated heterocycles. The molecule has 0 radical (unpaired) electrons. The average Bonchev–Trinajstić information content (AvgIpc) is 2.79. The molecule has 33 heavy (non-hydrogen) atoms. The molecule has 174 valence electrons. The molecule has 0 saturated carbocycles. The maximum atomic E-state index is 13.3. The highest BCUT2D eigenvalue weighted by Crippen LogP contribution is 2.38. The van der Waals surface area contributed by atoms with Gasteiger partial charge < -0.3 is 14.8 Å². The van der Waals surface area contributed by atoms with Crippen LogP contribution < -0.4 is 19.1 Å². The number of sulfonamides is 1. The first-order valence-electron chi connectivity index (χ1n) is 9.68. The van der Waals surface area contributed by atoms with Gasteiger partial charge in [-0.05, 0) is 23.8 Å². The van der Waals surface area contributed by atoms with E-state index >= 15 is 0 Å². The molecule has 0 aromatic heterocycles. The lowest BCUT2D eigenvalue weighted by Gasteiger charge is -2.26. The topological polar surface area (TPSA) is 84.9 Å². The third kappa shape index (κ3) is 5.71. The first-order valence-corrected chi connectivity index (χ1v) is 12.3. The lowest BCUT2D eigenvalue weighted by Crippen LogP contribution is -2.31. The van der Waals surface area contributed by atoms with Crippen LogP contribution >= 0.6 is 23.2 Å². The van der Waals surface area contributed by atoms with Crippen molar-refractivity contribution in [2.75, 3.05) is 30.1 Å².